The minimum Gasteiger partial charge on any atom is -0.335 e. The predicted octanol–water partition coefficient (Wildman–Crippen LogP) is 0.900. The van der Waals surface area contributed by atoms with Gasteiger partial charge in [0, 0.05) is 57.4 Å². The van der Waals surface area contributed by atoms with Crippen LogP contribution in [-0.4, -0.2) is 61.6 Å². The van der Waals surface area contributed by atoms with Gasteiger partial charge in [0.1, 0.15) is 11.5 Å². The van der Waals surface area contributed by atoms with Gasteiger partial charge in [0.2, 0.25) is 0 Å². The smallest absolute Gasteiger partial charge is 0.272 e. The fourth-order valence-corrected chi connectivity index (χ4v) is 3.48. The fraction of sp³-hybridized carbons (Fsp3) is 0.562. The van der Waals surface area contributed by atoms with E-state index in [0.29, 0.717) is 0 Å². The molecule has 0 spiro atoms. The highest BCUT2D eigenvalue weighted by molar-refractivity contribution is 5.92. The Kier molecular flexibility index (Phi) is 3.87. The second kappa shape index (κ2) is 6.16. The van der Waals surface area contributed by atoms with E-state index in [2.05, 4.69) is 24.6 Å². The molecule has 2 aromatic rings. The van der Waals surface area contributed by atoms with Crippen LogP contribution in [0, 0.1) is 0 Å². The number of aromatic amines is 1. The molecule has 1 fully saturated rings. The van der Waals surface area contributed by atoms with Gasteiger partial charge in [-0.2, -0.15) is 5.10 Å². The van der Waals surface area contributed by atoms with E-state index in [4.69, 9.17) is 0 Å². The van der Waals surface area contributed by atoms with E-state index in [9.17, 15) is 4.79 Å². The number of nitrogens with zero attached hydrogens (tertiary/aromatic N) is 5. The highest BCUT2D eigenvalue weighted by Crippen LogP contribution is 2.18. The van der Waals surface area contributed by atoms with Gasteiger partial charge < -0.3 is 9.47 Å². The second-order valence-corrected chi connectivity index (χ2v) is 6.34. The number of aryl methyl sites for hydroxylation is 1. The van der Waals surface area contributed by atoms with Crippen molar-refractivity contribution in [1.82, 2.24) is 29.5 Å². The van der Waals surface area contributed by atoms with E-state index in [-0.39, 0.29) is 5.91 Å². The molecule has 0 aliphatic carbocycles. The van der Waals surface area contributed by atoms with E-state index in [1.807, 2.05) is 17.3 Å². The van der Waals surface area contributed by atoms with Gasteiger partial charge in [-0.3, -0.25) is 14.8 Å². The molecule has 23 heavy (non-hydrogen) atoms. The fourth-order valence-electron chi connectivity index (χ4n) is 3.48. The number of H-pyrrole nitrogens is 1. The number of hydrogen-bond acceptors (Lipinski definition) is 4. The lowest BCUT2D eigenvalue weighted by Gasteiger charge is -2.34. The first-order valence-electron chi connectivity index (χ1n) is 8.35. The Morgan fingerprint density at radius 2 is 2.00 bits per heavy atom. The average Bonchev–Trinajstić information content (AvgIpc) is 3.24. The summed E-state index contributed by atoms with van der Waals surface area (Å²) in [5, 5.41) is 6.82. The number of imidazole rings is 1. The molecule has 0 radical (unpaired) electrons. The molecule has 0 bridgehead atoms. The van der Waals surface area contributed by atoms with Crippen molar-refractivity contribution < 1.29 is 4.79 Å². The van der Waals surface area contributed by atoms with Crippen molar-refractivity contribution in [3.05, 3.63) is 35.7 Å². The van der Waals surface area contributed by atoms with Crippen LogP contribution in [0.15, 0.2) is 18.6 Å². The zero-order valence-electron chi connectivity index (χ0n) is 13.2. The quantitative estimate of drug-likeness (QED) is 0.914. The van der Waals surface area contributed by atoms with E-state index in [1.165, 1.54) is 12.0 Å². The Morgan fingerprint density at radius 3 is 2.78 bits per heavy atom. The van der Waals surface area contributed by atoms with Crippen LogP contribution in [0.5, 0.6) is 0 Å². The van der Waals surface area contributed by atoms with Crippen LogP contribution >= 0.6 is 0 Å². The van der Waals surface area contributed by atoms with Gasteiger partial charge in [-0.15, -0.1) is 0 Å². The molecule has 7 heteroatoms. The monoisotopic (exact) mass is 314 g/mol. The molecular weight excluding hydrogens is 292 g/mol. The molecule has 2 aliphatic heterocycles. The van der Waals surface area contributed by atoms with Crippen LogP contribution in [0.25, 0.3) is 0 Å². The van der Waals surface area contributed by atoms with Crippen molar-refractivity contribution in [1.29, 1.82) is 0 Å². The van der Waals surface area contributed by atoms with Gasteiger partial charge >= 0.3 is 0 Å². The summed E-state index contributed by atoms with van der Waals surface area (Å²) in [5.74, 6) is 1.20. The van der Waals surface area contributed by atoms with Crippen molar-refractivity contribution in [3.63, 3.8) is 0 Å². The minimum absolute atomic E-state index is 0.133. The number of piperazine rings is 1. The number of carbonyl (C=O) groups excluding carboxylic acids is 1. The Bertz CT molecular complexity index is 669. The Labute approximate surface area is 135 Å². The third kappa shape index (κ3) is 2.88. The van der Waals surface area contributed by atoms with Crippen molar-refractivity contribution in [2.75, 3.05) is 26.2 Å². The van der Waals surface area contributed by atoms with Gasteiger partial charge in [0.15, 0.2) is 0 Å². The molecule has 7 nitrogen and oxygen atoms in total. The number of carbonyl (C=O) groups is 1. The molecule has 0 saturated carbocycles. The number of fused-ring (bicyclic) bond motifs is 1. The predicted molar refractivity (Wildman–Crippen MR) is 84.9 cm³/mol. The third-order valence-electron chi connectivity index (χ3n) is 4.81. The number of rotatable bonds is 3. The summed E-state index contributed by atoms with van der Waals surface area (Å²) in [6.45, 7) is 5.17. The SMILES string of the molecule is O=C(c1cnc2n1CCCC2)N1CCN(Cc2cn[nH]c2)CC1. The molecule has 2 aliphatic rings. The van der Waals surface area contributed by atoms with Crippen LogP contribution in [0.3, 0.4) is 0 Å². The van der Waals surface area contributed by atoms with Crippen LogP contribution in [-0.2, 0) is 19.5 Å². The Hall–Kier alpha value is -2.15. The number of hydrogen-bond donors (Lipinski definition) is 1. The van der Waals surface area contributed by atoms with E-state index < -0.39 is 0 Å². The molecule has 2 aromatic heterocycles. The van der Waals surface area contributed by atoms with Crippen LogP contribution in [0.1, 0.15) is 34.7 Å². The van der Waals surface area contributed by atoms with Gasteiger partial charge in [-0.25, -0.2) is 4.98 Å². The van der Waals surface area contributed by atoms with E-state index >= 15 is 0 Å². The highest BCUT2D eigenvalue weighted by atomic mass is 16.2. The first kappa shape index (κ1) is 14.4. The zero-order chi connectivity index (χ0) is 15.6. The first-order valence-corrected chi connectivity index (χ1v) is 8.35. The van der Waals surface area contributed by atoms with Crippen molar-refractivity contribution in [3.8, 4) is 0 Å². The Morgan fingerprint density at radius 1 is 1.13 bits per heavy atom. The average molecular weight is 314 g/mol. The third-order valence-corrected chi connectivity index (χ3v) is 4.81. The maximum absolute atomic E-state index is 12.8. The molecule has 4 heterocycles. The molecule has 0 unspecified atom stereocenters. The molecule has 0 atom stereocenters. The molecule has 1 N–H and O–H groups in total. The summed E-state index contributed by atoms with van der Waals surface area (Å²) in [6, 6.07) is 0. The molecule has 1 saturated heterocycles. The van der Waals surface area contributed by atoms with Crippen LogP contribution in [0.4, 0.5) is 0 Å². The summed E-state index contributed by atoms with van der Waals surface area (Å²) < 4.78 is 2.11. The molecular formula is C16H22N6O. The lowest BCUT2D eigenvalue weighted by atomic mass is 10.1. The summed E-state index contributed by atoms with van der Waals surface area (Å²) in [7, 11) is 0. The molecule has 4 rings (SSSR count). The Balaban J connectivity index is 1.38. The van der Waals surface area contributed by atoms with Gasteiger partial charge in [-0.1, -0.05) is 0 Å². The second-order valence-electron chi connectivity index (χ2n) is 6.34. The molecule has 0 aromatic carbocycles. The van der Waals surface area contributed by atoms with Crippen molar-refractivity contribution >= 4 is 5.91 Å². The maximum Gasteiger partial charge on any atom is 0.272 e. The highest BCUT2D eigenvalue weighted by Gasteiger charge is 2.26. The van der Waals surface area contributed by atoms with Gasteiger partial charge in [-0.05, 0) is 12.8 Å². The van der Waals surface area contributed by atoms with E-state index in [0.717, 1.165) is 63.6 Å². The maximum atomic E-state index is 12.8. The normalized spacial score (nSPS) is 18.9. The number of aromatic nitrogens is 4. The topological polar surface area (TPSA) is 70.1 Å². The number of nitrogens with one attached hydrogen (secondary N) is 1. The molecule has 1 amide bonds. The minimum atomic E-state index is 0.133. The van der Waals surface area contributed by atoms with Gasteiger partial charge in [0.25, 0.3) is 5.91 Å². The van der Waals surface area contributed by atoms with Gasteiger partial charge in [0.05, 0.1) is 12.4 Å². The van der Waals surface area contributed by atoms with Crippen molar-refractivity contribution in [2.24, 2.45) is 0 Å². The lowest BCUT2D eigenvalue weighted by molar-refractivity contribution is 0.0616. The van der Waals surface area contributed by atoms with Crippen LogP contribution in [0.2, 0.25) is 0 Å². The lowest BCUT2D eigenvalue weighted by Crippen LogP contribution is -2.48. The largest absolute Gasteiger partial charge is 0.335 e. The standard InChI is InChI=1S/C16H22N6O/c23-16(14-11-17-15-3-1-2-4-22(14)15)21-7-5-20(6-8-21)12-13-9-18-19-10-13/h9-11H,1-8,12H2,(H,18,19). The molecule has 122 valence electrons. The summed E-state index contributed by atoms with van der Waals surface area (Å²) >= 11 is 0. The summed E-state index contributed by atoms with van der Waals surface area (Å²) in [6.07, 6.45) is 8.86. The van der Waals surface area contributed by atoms with E-state index in [1.54, 1.807) is 6.20 Å². The first-order chi connectivity index (χ1) is 11.3. The van der Waals surface area contributed by atoms with Crippen LogP contribution < -0.4 is 0 Å². The zero-order valence-corrected chi connectivity index (χ0v) is 13.2. The summed E-state index contributed by atoms with van der Waals surface area (Å²) in [4.78, 5) is 21.5. The van der Waals surface area contributed by atoms with Crippen molar-refractivity contribution in [2.45, 2.75) is 32.4 Å². The summed E-state index contributed by atoms with van der Waals surface area (Å²) in [5.41, 5.74) is 1.96. The number of amides is 1.